The van der Waals surface area contributed by atoms with Crippen LogP contribution in [0.15, 0.2) is 53.4 Å². The Bertz CT molecular complexity index is 941. The molecule has 2 aromatic rings. The summed E-state index contributed by atoms with van der Waals surface area (Å²) in [6, 6.07) is 13.0. The molecule has 0 radical (unpaired) electrons. The number of sulfonamides is 1. The fourth-order valence-corrected chi connectivity index (χ4v) is 3.22. The number of nitrogens with zero attached hydrogens (tertiary/aromatic N) is 1. The van der Waals surface area contributed by atoms with Crippen molar-refractivity contribution >= 4 is 21.9 Å². The molecule has 0 aliphatic carbocycles. The predicted molar refractivity (Wildman–Crippen MR) is 102 cm³/mol. The molecular weight excluding hydrogens is 384 g/mol. The predicted octanol–water partition coefficient (Wildman–Crippen LogP) is 1.65. The first kappa shape index (κ1) is 21.5. The van der Waals surface area contributed by atoms with Crippen LogP contribution in [0.1, 0.15) is 21.5 Å². The van der Waals surface area contributed by atoms with E-state index in [1.165, 1.54) is 32.4 Å². The molecule has 0 heterocycles. The first-order valence-corrected chi connectivity index (χ1v) is 9.80. The number of hydrogen-bond donors (Lipinski definition) is 1. The third-order valence-corrected chi connectivity index (χ3v) is 5.58. The highest BCUT2D eigenvalue weighted by Gasteiger charge is 2.22. The molecule has 0 saturated carbocycles. The Labute approximate surface area is 164 Å². The van der Waals surface area contributed by atoms with Crippen LogP contribution in [0.5, 0.6) is 0 Å². The third-order valence-electron chi connectivity index (χ3n) is 3.91. The van der Waals surface area contributed by atoms with Crippen molar-refractivity contribution in [2.24, 2.45) is 0 Å². The Morgan fingerprint density at radius 2 is 1.79 bits per heavy atom. The second-order valence-electron chi connectivity index (χ2n) is 5.96. The molecule has 0 saturated heterocycles. The van der Waals surface area contributed by atoms with E-state index in [2.05, 4.69) is 5.32 Å². The van der Waals surface area contributed by atoms with Gasteiger partial charge in [0.15, 0.2) is 6.61 Å². The molecule has 1 amide bonds. The third kappa shape index (κ3) is 5.62. The number of carbonyl (C=O) groups excluding carboxylic acids is 2. The summed E-state index contributed by atoms with van der Waals surface area (Å²) < 4.78 is 30.1. The Morgan fingerprint density at radius 3 is 2.43 bits per heavy atom. The van der Waals surface area contributed by atoms with Crippen LogP contribution in [0.25, 0.3) is 0 Å². The number of benzene rings is 2. The molecule has 150 valence electrons. The van der Waals surface area contributed by atoms with Gasteiger partial charge in [-0.2, -0.15) is 0 Å². The lowest BCUT2D eigenvalue weighted by molar-refractivity contribution is -0.124. The highest BCUT2D eigenvalue weighted by molar-refractivity contribution is 7.89. The van der Waals surface area contributed by atoms with E-state index in [0.29, 0.717) is 11.0 Å². The highest BCUT2D eigenvalue weighted by Crippen LogP contribution is 2.16. The van der Waals surface area contributed by atoms with Crippen LogP contribution in [0, 0.1) is 6.92 Å². The Balaban J connectivity index is 1.93. The van der Waals surface area contributed by atoms with E-state index in [1.54, 1.807) is 0 Å². The smallest absolute Gasteiger partial charge is 0.338 e. The van der Waals surface area contributed by atoms with Gasteiger partial charge in [0.05, 0.1) is 17.6 Å². The van der Waals surface area contributed by atoms with Crippen molar-refractivity contribution < 1.29 is 27.6 Å². The van der Waals surface area contributed by atoms with Crippen LogP contribution < -0.4 is 5.32 Å². The van der Waals surface area contributed by atoms with Crippen LogP contribution in [-0.2, 0) is 30.9 Å². The average Bonchev–Trinajstić information content (AvgIpc) is 2.70. The second kappa shape index (κ2) is 9.45. The normalized spacial score (nSPS) is 11.3. The summed E-state index contributed by atoms with van der Waals surface area (Å²) in [5.41, 5.74) is 2.05. The number of hydroxylamine groups is 1. The van der Waals surface area contributed by atoms with E-state index in [4.69, 9.17) is 9.57 Å². The van der Waals surface area contributed by atoms with Gasteiger partial charge in [-0.3, -0.25) is 9.63 Å². The zero-order valence-electron chi connectivity index (χ0n) is 15.8. The molecule has 0 aliphatic rings. The van der Waals surface area contributed by atoms with E-state index >= 15 is 0 Å². The molecule has 9 heteroatoms. The van der Waals surface area contributed by atoms with E-state index in [0.717, 1.165) is 17.2 Å². The van der Waals surface area contributed by atoms with Crippen LogP contribution >= 0.6 is 0 Å². The summed E-state index contributed by atoms with van der Waals surface area (Å²) in [5.74, 6) is -1.26. The summed E-state index contributed by atoms with van der Waals surface area (Å²) in [7, 11) is -1.45. The molecule has 0 aliphatic heterocycles. The van der Waals surface area contributed by atoms with Crippen molar-refractivity contribution in [3.05, 3.63) is 65.2 Å². The van der Waals surface area contributed by atoms with Gasteiger partial charge < -0.3 is 10.1 Å². The van der Waals surface area contributed by atoms with Crippen molar-refractivity contribution in [2.45, 2.75) is 18.4 Å². The number of hydrogen-bond acceptors (Lipinski definition) is 6. The summed E-state index contributed by atoms with van der Waals surface area (Å²) in [5, 5.41) is 2.65. The lowest BCUT2D eigenvalue weighted by atomic mass is 10.1. The zero-order chi connectivity index (χ0) is 20.7. The van der Waals surface area contributed by atoms with E-state index in [-0.39, 0.29) is 10.5 Å². The van der Waals surface area contributed by atoms with Crippen molar-refractivity contribution in [2.75, 3.05) is 20.8 Å². The van der Waals surface area contributed by atoms with Gasteiger partial charge in [0, 0.05) is 13.6 Å². The standard InChI is InChI=1S/C19H22N2O6S/c1-14-7-9-15(10-8-14)12-20-18(22)13-27-19(23)16-5-4-6-17(11-16)28(24,25)21(2)26-3/h4-11H,12-13H2,1-3H3,(H,20,22). The van der Waals surface area contributed by atoms with Gasteiger partial charge in [-0.15, -0.1) is 0 Å². The molecule has 0 bridgehead atoms. The summed E-state index contributed by atoms with van der Waals surface area (Å²) in [6.07, 6.45) is 0. The average molecular weight is 406 g/mol. The number of rotatable bonds is 8. The lowest BCUT2D eigenvalue weighted by Crippen LogP contribution is -2.28. The highest BCUT2D eigenvalue weighted by atomic mass is 32.2. The fourth-order valence-electron chi connectivity index (χ4n) is 2.20. The maximum atomic E-state index is 12.2. The first-order valence-electron chi connectivity index (χ1n) is 8.36. The van der Waals surface area contributed by atoms with Crippen molar-refractivity contribution in [3.8, 4) is 0 Å². The molecule has 2 rings (SSSR count). The Morgan fingerprint density at radius 1 is 1.11 bits per heavy atom. The number of ether oxygens (including phenoxy) is 1. The molecule has 2 aromatic carbocycles. The number of nitrogens with one attached hydrogen (secondary N) is 1. The molecule has 28 heavy (non-hydrogen) atoms. The minimum Gasteiger partial charge on any atom is -0.452 e. The first-order chi connectivity index (χ1) is 13.2. The quantitative estimate of drug-likeness (QED) is 0.528. The van der Waals surface area contributed by atoms with E-state index in [1.807, 2.05) is 31.2 Å². The van der Waals surface area contributed by atoms with E-state index in [9.17, 15) is 18.0 Å². The fraction of sp³-hybridized carbons (Fsp3) is 0.263. The molecule has 0 atom stereocenters. The van der Waals surface area contributed by atoms with Crippen molar-refractivity contribution in [1.82, 2.24) is 9.79 Å². The van der Waals surface area contributed by atoms with Crippen LogP contribution in [0.2, 0.25) is 0 Å². The Kier molecular flexibility index (Phi) is 7.27. The maximum absolute atomic E-state index is 12.2. The number of amides is 1. The van der Waals surface area contributed by atoms with Crippen molar-refractivity contribution in [3.63, 3.8) is 0 Å². The maximum Gasteiger partial charge on any atom is 0.338 e. The number of aryl methyl sites for hydroxylation is 1. The SMILES string of the molecule is CON(C)S(=O)(=O)c1cccc(C(=O)OCC(=O)NCc2ccc(C)cc2)c1. The van der Waals surface area contributed by atoms with Gasteiger partial charge in [0.25, 0.3) is 15.9 Å². The minimum atomic E-state index is -3.89. The molecular formula is C19H22N2O6S. The van der Waals surface area contributed by atoms with Gasteiger partial charge in [0.1, 0.15) is 0 Å². The number of esters is 1. The van der Waals surface area contributed by atoms with Gasteiger partial charge in [-0.1, -0.05) is 40.4 Å². The monoisotopic (exact) mass is 406 g/mol. The summed E-state index contributed by atoms with van der Waals surface area (Å²) >= 11 is 0. The molecule has 0 spiro atoms. The van der Waals surface area contributed by atoms with Crippen LogP contribution in [0.4, 0.5) is 0 Å². The van der Waals surface area contributed by atoms with Crippen molar-refractivity contribution in [1.29, 1.82) is 0 Å². The molecule has 8 nitrogen and oxygen atoms in total. The molecule has 0 unspecified atom stereocenters. The lowest BCUT2D eigenvalue weighted by Gasteiger charge is -2.14. The molecule has 1 N–H and O–H groups in total. The number of carbonyl (C=O) groups is 2. The van der Waals surface area contributed by atoms with Crippen LogP contribution in [-0.4, -0.2) is 45.5 Å². The van der Waals surface area contributed by atoms with E-state index < -0.39 is 28.5 Å². The summed E-state index contributed by atoms with van der Waals surface area (Å²) in [4.78, 5) is 28.6. The molecule has 0 fully saturated rings. The van der Waals surface area contributed by atoms with Gasteiger partial charge >= 0.3 is 5.97 Å². The van der Waals surface area contributed by atoms with Crippen LogP contribution in [0.3, 0.4) is 0 Å². The van der Waals surface area contributed by atoms with Gasteiger partial charge in [-0.05, 0) is 30.7 Å². The minimum absolute atomic E-state index is 0.0110. The Hall–Kier alpha value is -2.75. The van der Waals surface area contributed by atoms with Gasteiger partial charge in [0.2, 0.25) is 0 Å². The topological polar surface area (TPSA) is 102 Å². The summed E-state index contributed by atoms with van der Waals surface area (Å²) in [6.45, 7) is 1.81. The second-order valence-corrected chi connectivity index (χ2v) is 7.90. The zero-order valence-corrected chi connectivity index (χ0v) is 16.7. The van der Waals surface area contributed by atoms with Gasteiger partial charge in [-0.25, -0.2) is 13.2 Å². The molecule has 0 aromatic heterocycles. The largest absolute Gasteiger partial charge is 0.452 e.